The van der Waals surface area contributed by atoms with Gasteiger partial charge in [-0.1, -0.05) is 13.3 Å². The molecule has 2 amide bonds. The molecule has 0 fully saturated rings. The normalized spacial score (nSPS) is 12.3. The molecule has 2 rings (SSSR count). The summed E-state index contributed by atoms with van der Waals surface area (Å²) in [5.41, 5.74) is 1.44. The second-order valence-electron chi connectivity index (χ2n) is 6.02. The number of fused-ring (bicyclic) bond motifs is 1. The number of hydrogen-bond acceptors (Lipinski definition) is 3. The van der Waals surface area contributed by atoms with E-state index in [-0.39, 0.29) is 30.9 Å². The lowest BCUT2D eigenvalue weighted by molar-refractivity contribution is 0.228. The topological polar surface area (TPSA) is 74.5 Å². The number of carbonyl (C=O) groups is 1. The van der Waals surface area contributed by atoms with Crippen LogP contribution in [0.4, 0.5) is 9.18 Å². The molecule has 132 valence electrons. The summed E-state index contributed by atoms with van der Waals surface area (Å²) in [6.45, 7) is 4.83. The van der Waals surface area contributed by atoms with E-state index in [2.05, 4.69) is 17.6 Å². The summed E-state index contributed by atoms with van der Waals surface area (Å²) < 4.78 is 19.0. The molecule has 0 saturated heterocycles. The molecule has 3 N–H and O–H groups in total. The van der Waals surface area contributed by atoms with E-state index < -0.39 is 0 Å². The van der Waals surface area contributed by atoms with E-state index in [1.54, 1.807) is 6.07 Å². The van der Waals surface area contributed by atoms with Crippen LogP contribution >= 0.6 is 0 Å². The number of furan rings is 1. The van der Waals surface area contributed by atoms with Gasteiger partial charge in [-0.2, -0.15) is 0 Å². The fourth-order valence-corrected chi connectivity index (χ4v) is 2.81. The fourth-order valence-electron chi connectivity index (χ4n) is 2.81. The number of aliphatic hydroxyl groups is 1. The Morgan fingerprint density at radius 1 is 1.33 bits per heavy atom. The van der Waals surface area contributed by atoms with Gasteiger partial charge in [-0.05, 0) is 43.9 Å². The average molecular weight is 336 g/mol. The fraction of sp³-hybridized carbons (Fsp3) is 0.500. The van der Waals surface area contributed by atoms with E-state index in [1.165, 1.54) is 12.1 Å². The average Bonchev–Trinajstić information content (AvgIpc) is 2.87. The lowest BCUT2D eigenvalue weighted by Crippen LogP contribution is -2.38. The Morgan fingerprint density at radius 2 is 2.12 bits per heavy atom. The summed E-state index contributed by atoms with van der Waals surface area (Å²) >= 11 is 0. The zero-order valence-electron chi connectivity index (χ0n) is 14.2. The Labute approximate surface area is 141 Å². The molecule has 1 unspecified atom stereocenters. The van der Waals surface area contributed by atoms with Gasteiger partial charge in [-0.25, -0.2) is 9.18 Å². The molecule has 1 atom stereocenters. The Bertz CT molecular complexity index is 678. The number of benzene rings is 1. The van der Waals surface area contributed by atoms with Crippen molar-refractivity contribution in [2.24, 2.45) is 5.92 Å². The standard InChI is InChI=1S/C18H25FN2O3/c1-3-4-13(7-8-22)10-20-18(23)21-11-17-12(2)15-9-14(19)5-6-16(15)24-17/h5-6,9,13,22H,3-4,7-8,10-11H2,1-2H3,(H2,20,21,23). The molecule has 0 aliphatic rings. The summed E-state index contributed by atoms with van der Waals surface area (Å²) in [5, 5.41) is 15.3. The van der Waals surface area contributed by atoms with Crippen LogP contribution in [0.25, 0.3) is 11.0 Å². The van der Waals surface area contributed by atoms with Crippen molar-refractivity contribution in [3.63, 3.8) is 0 Å². The first-order chi connectivity index (χ1) is 11.5. The number of halogens is 1. The number of amides is 2. The molecule has 1 heterocycles. The van der Waals surface area contributed by atoms with Gasteiger partial charge in [0, 0.05) is 24.1 Å². The molecular weight excluding hydrogens is 311 g/mol. The minimum atomic E-state index is -0.311. The molecule has 0 bridgehead atoms. The van der Waals surface area contributed by atoms with Gasteiger partial charge in [-0.15, -0.1) is 0 Å². The highest BCUT2D eigenvalue weighted by atomic mass is 19.1. The zero-order chi connectivity index (χ0) is 17.5. The molecule has 0 saturated carbocycles. The van der Waals surface area contributed by atoms with Crippen molar-refractivity contribution in [2.45, 2.75) is 39.7 Å². The van der Waals surface area contributed by atoms with Crippen LogP contribution < -0.4 is 10.6 Å². The first-order valence-corrected chi connectivity index (χ1v) is 8.35. The summed E-state index contributed by atoms with van der Waals surface area (Å²) in [4.78, 5) is 11.9. The van der Waals surface area contributed by atoms with Crippen molar-refractivity contribution in [1.82, 2.24) is 10.6 Å². The number of nitrogens with one attached hydrogen (secondary N) is 2. The van der Waals surface area contributed by atoms with Crippen LogP contribution in [-0.2, 0) is 6.54 Å². The third kappa shape index (κ3) is 4.71. The molecule has 2 aromatic rings. The zero-order valence-corrected chi connectivity index (χ0v) is 14.2. The molecule has 1 aromatic carbocycles. The van der Waals surface area contributed by atoms with Crippen molar-refractivity contribution in [2.75, 3.05) is 13.2 Å². The van der Waals surface area contributed by atoms with Gasteiger partial charge < -0.3 is 20.2 Å². The predicted octanol–water partition coefficient (Wildman–Crippen LogP) is 3.48. The maximum atomic E-state index is 13.3. The first kappa shape index (κ1) is 18.3. The van der Waals surface area contributed by atoms with Crippen LogP contribution in [0.3, 0.4) is 0 Å². The van der Waals surface area contributed by atoms with E-state index in [9.17, 15) is 9.18 Å². The minimum absolute atomic E-state index is 0.128. The van der Waals surface area contributed by atoms with Crippen molar-refractivity contribution >= 4 is 17.0 Å². The summed E-state index contributed by atoms with van der Waals surface area (Å²) in [6.07, 6.45) is 2.67. The second-order valence-corrected chi connectivity index (χ2v) is 6.02. The summed E-state index contributed by atoms with van der Waals surface area (Å²) in [6, 6.07) is 4.09. The quantitative estimate of drug-likeness (QED) is 0.691. The Kier molecular flexibility index (Phi) is 6.61. The number of urea groups is 1. The van der Waals surface area contributed by atoms with Gasteiger partial charge in [0.05, 0.1) is 6.54 Å². The van der Waals surface area contributed by atoms with Gasteiger partial charge in [0.1, 0.15) is 17.2 Å². The predicted molar refractivity (Wildman–Crippen MR) is 91.2 cm³/mol. The largest absolute Gasteiger partial charge is 0.459 e. The molecule has 6 heteroatoms. The van der Waals surface area contributed by atoms with Crippen molar-refractivity contribution in [3.05, 3.63) is 35.3 Å². The Hall–Kier alpha value is -2.08. The minimum Gasteiger partial charge on any atom is -0.459 e. The van der Waals surface area contributed by atoms with Gasteiger partial charge in [0.25, 0.3) is 0 Å². The van der Waals surface area contributed by atoms with Crippen LogP contribution in [0.1, 0.15) is 37.5 Å². The van der Waals surface area contributed by atoms with E-state index in [0.717, 1.165) is 23.8 Å². The van der Waals surface area contributed by atoms with E-state index in [4.69, 9.17) is 9.52 Å². The van der Waals surface area contributed by atoms with Gasteiger partial charge in [0.15, 0.2) is 0 Å². The Morgan fingerprint density at radius 3 is 2.83 bits per heavy atom. The monoisotopic (exact) mass is 336 g/mol. The number of aliphatic hydroxyl groups excluding tert-OH is 1. The first-order valence-electron chi connectivity index (χ1n) is 8.35. The molecular formula is C18H25FN2O3. The molecule has 0 aliphatic carbocycles. The molecule has 24 heavy (non-hydrogen) atoms. The summed E-state index contributed by atoms with van der Waals surface area (Å²) in [7, 11) is 0. The molecule has 1 aromatic heterocycles. The van der Waals surface area contributed by atoms with E-state index in [1.807, 2.05) is 6.92 Å². The van der Waals surface area contributed by atoms with Crippen molar-refractivity contribution < 1.29 is 18.7 Å². The number of rotatable bonds is 8. The third-order valence-corrected chi connectivity index (χ3v) is 4.19. The SMILES string of the molecule is CCCC(CCO)CNC(=O)NCc1oc2ccc(F)cc2c1C. The summed E-state index contributed by atoms with van der Waals surface area (Å²) in [5.74, 6) is 0.586. The second kappa shape index (κ2) is 8.68. The van der Waals surface area contributed by atoms with Gasteiger partial charge in [0.2, 0.25) is 0 Å². The highest BCUT2D eigenvalue weighted by molar-refractivity contribution is 5.82. The van der Waals surface area contributed by atoms with Crippen LogP contribution in [0.15, 0.2) is 22.6 Å². The molecule has 0 spiro atoms. The van der Waals surface area contributed by atoms with Crippen LogP contribution in [0.2, 0.25) is 0 Å². The number of hydrogen-bond donors (Lipinski definition) is 3. The number of aryl methyl sites for hydroxylation is 1. The maximum Gasteiger partial charge on any atom is 0.315 e. The van der Waals surface area contributed by atoms with Crippen molar-refractivity contribution in [1.29, 1.82) is 0 Å². The van der Waals surface area contributed by atoms with Gasteiger partial charge in [-0.3, -0.25) is 0 Å². The maximum absolute atomic E-state index is 13.3. The highest BCUT2D eigenvalue weighted by Gasteiger charge is 2.13. The van der Waals surface area contributed by atoms with Crippen LogP contribution in [0, 0.1) is 18.7 Å². The molecule has 0 aliphatic heterocycles. The van der Waals surface area contributed by atoms with Crippen LogP contribution in [-0.4, -0.2) is 24.3 Å². The van der Waals surface area contributed by atoms with Crippen LogP contribution in [0.5, 0.6) is 0 Å². The lowest BCUT2D eigenvalue weighted by atomic mass is 10.0. The van der Waals surface area contributed by atoms with E-state index in [0.29, 0.717) is 24.3 Å². The third-order valence-electron chi connectivity index (χ3n) is 4.19. The number of carbonyl (C=O) groups excluding carboxylic acids is 1. The van der Waals surface area contributed by atoms with E-state index >= 15 is 0 Å². The highest BCUT2D eigenvalue weighted by Crippen LogP contribution is 2.25. The lowest BCUT2D eigenvalue weighted by Gasteiger charge is -2.15. The van der Waals surface area contributed by atoms with Gasteiger partial charge >= 0.3 is 6.03 Å². The molecule has 0 radical (unpaired) electrons. The smallest absolute Gasteiger partial charge is 0.315 e. The Balaban J connectivity index is 1.88. The molecule has 5 nitrogen and oxygen atoms in total. The van der Waals surface area contributed by atoms with Crippen molar-refractivity contribution in [3.8, 4) is 0 Å².